The van der Waals surface area contributed by atoms with E-state index in [2.05, 4.69) is 5.32 Å². The number of hydrogen-bond acceptors (Lipinski definition) is 4. The van der Waals surface area contributed by atoms with Gasteiger partial charge in [-0.2, -0.15) is 0 Å². The molecule has 1 aliphatic rings. The molecule has 1 aromatic rings. The van der Waals surface area contributed by atoms with Crippen molar-refractivity contribution in [3.63, 3.8) is 0 Å². The number of nitrogens with zero attached hydrogens (tertiary/aromatic N) is 1. The van der Waals surface area contributed by atoms with Crippen molar-refractivity contribution >= 4 is 23.2 Å². The molecule has 0 bridgehead atoms. The van der Waals surface area contributed by atoms with Crippen molar-refractivity contribution in [3.05, 3.63) is 22.4 Å². The minimum Gasteiger partial charge on any atom is -0.393 e. The molecule has 0 saturated carbocycles. The summed E-state index contributed by atoms with van der Waals surface area (Å²) in [5.74, 6) is -0.108. The molecule has 2 amide bonds. The molecule has 1 fully saturated rings. The van der Waals surface area contributed by atoms with Crippen molar-refractivity contribution in [2.45, 2.75) is 39.3 Å². The van der Waals surface area contributed by atoms with Gasteiger partial charge in [-0.1, -0.05) is 19.9 Å². The van der Waals surface area contributed by atoms with Crippen LogP contribution in [0.3, 0.4) is 0 Å². The van der Waals surface area contributed by atoms with Crippen molar-refractivity contribution in [1.82, 2.24) is 10.2 Å². The summed E-state index contributed by atoms with van der Waals surface area (Å²) in [5, 5.41) is 14.4. The van der Waals surface area contributed by atoms with Crippen LogP contribution >= 0.6 is 11.3 Å². The van der Waals surface area contributed by atoms with Gasteiger partial charge in [0.15, 0.2) is 0 Å². The van der Waals surface area contributed by atoms with E-state index in [1.165, 1.54) is 11.3 Å². The number of carbonyl (C=O) groups is 2. The SMILES string of the molecule is CC(C)C(NC(=O)c1cccs1)C(=O)N1CCC(C(C)O)C1. The molecule has 2 heterocycles. The van der Waals surface area contributed by atoms with Gasteiger partial charge in [-0.05, 0) is 30.7 Å². The molecule has 122 valence electrons. The lowest BCUT2D eigenvalue weighted by atomic mass is 10.0. The first-order chi connectivity index (χ1) is 10.4. The summed E-state index contributed by atoms with van der Waals surface area (Å²) in [5.41, 5.74) is 0. The number of carbonyl (C=O) groups excluding carboxylic acids is 2. The lowest BCUT2D eigenvalue weighted by Crippen LogP contribution is -2.50. The van der Waals surface area contributed by atoms with Gasteiger partial charge in [-0.25, -0.2) is 0 Å². The fourth-order valence-corrected chi connectivity index (χ4v) is 3.34. The molecule has 0 aliphatic carbocycles. The second-order valence-electron chi connectivity index (χ2n) is 6.25. The van der Waals surface area contributed by atoms with Gasteiger partial charge < -0.3 is 15.3 Å². The molecule has 2 N–H and O–H groups in total. The highest BCUT2D eigenvalue weighted by molar-refractivity contribution is 7.12. The smallest absolute Gasteiger partial charge is 0.262 e. The number of hydrogen-bond donors (Lipinski definition) is 2. The molecule has 1 aliphatic heterocycles. The molecule has 22 heavy (non-hydrogen) atoms. The van der Waals surface area contributed by atoms with E-state index in [0.29, 0.717) is 18.0 Å². The average Bonchev–Trinajstić information content (AvgIpc) is 3.13. The highest BCUT2D eigenvalue weighted by atomic mass is 32.1. The molecule has 0 radical (unpaired) electrons. The molecule has 1 aromatic heterocycles. The summed E-state index contributed by atoms with van der Waals surface area (Å²) in [7, 11) is 0. The second-order valence-corrected chi connectivity index (χ2v) is 7.19. The Morgan fingerprint density at radius 3 is 2.64 bits per heavy atom. The summed E-state index contributed by atoms with van der Waals surface area (Å²) in [4.78, 5) is 27.3. The standard InChI is InChI=1S/C16H24N2O3S/c1-10(2)14(17-15(20)13-5-4-8-22-13)16(21)18-7-6-12(9-18)11(3)19/h4-5,8,10-12,14,19H,6-7,9H2,1-3H3,(H,17,20). The maximum atomic E-state index is 12.7. The third-order valence-electron chi connectivity index (χ3n) is 4.18. The van der Waals surface area contributed by atoms with Gasteiger partial charge in [0.2, 0.25) is 5.91 Å². The van der Waals surface area contributed by atoms with E-state index >= 15 is 0 Å². The molecule has 0 aromatic carbocycles. The summed E-state index contributed by atoms with van der Waals surface area (Å²) in [6, 6.07) is 3.04. The van der Waals surface area contributed by atoms with E-state index in [9.17, 15) is 14.7 Å². The highest BCUT2D eigenvalue weighted by Gasteiger charge is 2.34. The molecule has 3 unspecified atom stereocenters. The van der Waals surface area contributed by atoms with Crippen LogP contribution in [0, 0.1) is 11.8 Å². The minimum absolute atomic E-state index is 0.0158. The van der Waals surface area contributed by atoms with Crippen LogP contribution in [0.2, 0.25) is 0 Å². The van der Waals surface area contributed by atoms with Crippen LogP contribution in [0.25, 0.3) is 0 Å². The number of aliphatic hydroxyl groups is 1. The summed E-state index contributed by atoms with van der Waals surface area (Å²) >= 11 is 1.36. The summed E-state index contributed by atoms with van der Waals surface area (Å²) in [6.07, 6.45) is 0.406. The van der Waals surface area contributed by atoms with Crippen LogP contribution < -0.4 is 5.32 Å². The Labute approximate surface area is 135 Å². The minimum atomic E-state index is -0.526. The first-order valence-electron chi connectivity index (χ1n) is 7.71. The topological polar surface area (TPSA) is 69.6 Å². The normalized spacial score (nSPS) is 21.0. The molecule has 2 rings (SSSR count). The quantitative estimate of drug-likeness (QED) is 0.867. The molecule has 3 atom stereocenters. The van der Waals surface area contributed by atoms with Crippen LogP contribution in [0.15, 0.2) is 17.5 Å². The van der Waals surface area contributed by atoms with Crippen molar-refractivity contribution in [1.29, 1.82) is 0 Å². The molecule has 6 heteroatoms. The lowest BCUT2D eigenvalue weighted by Gasteiger charge is -2.27. The fraction of sp³-hybridized carbons (Fsp3) is 0.625. The number of amides is 2. The zero-order valence-electron chi connectivity index (χ0n) is 13.3. The highest BCUT2D eigenvalue weighted by Crippen LogP contribution is 2.21. The van der Waals surface area contributed by atoms with Crippen LogP contribution in [0.4, 0.5) is 0 Å². The van der Waals surface area contributed by atoms with Crippen LogP contribution in [-0.4, -0.2) is 47.1 Å². The molecular formula is C16H24N2O3S. The number of thiophene rings is 1. The van der Waals surface area contributed by atoms with E-state index in [1.807, 2.05) is 25.3 Å². The van der Waals surface area contributed by atoms with Crippen molar-refractivity contribution in [2.24, 2.45) is 11.8 Å². The molecule has 5 nitrogen and oxygen atoms in total. The van der Waals surface area contributed by atoms with Crippen molar-refractivity contribution < 1.29 is 14.7 Å². The Bertz CT molecular complexity index is 513. The third-order valence-corrected chi connectivity index (χ3v) is 5.05. The number of rotatable bonds is 5. The van der Waals surface area contributed by atoms with Gasteiger partial charge in [-0.3, -0.25) is 9.59 Å². The first kappa shape index (κ1) is 17.0. The van der Waals surface area contributed by atoms with Gasteiger partial charge in [0, 0.05) is 19.0 Å². The fourth-order valence-electron chi connectivity index (χ4n) is 2.71. The second kappa shape index (κ2) is 7.24. The molecule has 1 saturated heterocycles. The van der Waals surface area contributed by atoms with Crippen LogP contribution in [0.5, 0.6) is 0 Å². The first-order valence-corrected chi connectivity index (χ1v) is 8.59. The van der Waals surface area contributed by atoms with Gasteiger partial charge in [0.25, 0.3) is 5.91 Å². The van der Waals surface area contributed by atoms with Crippen molar-refractivity contribution in [2.75, 3.05) is 13.1 Å². The Morgan fingerprint density at radius 2 is 2.14 bits per heavy atom. The molecule has 0 spiro atoms. The lowest BCUT2D eigenvalue weighted by molar-refractivity contribution is -0.133. The third kappa shape index (κ3) is 3.87. The zero-order valence-corrected chi connectivity index (χ0v) is 14.1. The van der Waals surface area contributed by atoms with Gasteiger partial charge >= 0.3 is 0 Å². The monoisotopic (exact) mass is 324 g/mol. The molecular weight excluding hydrogens is 300 g/mol. The number of aliphatic hydroxyl groups excluding tert-OH is 1. The van der Waals surface area contributed by atoms with Crippen molar-refractivity contribution in [3.8, 4) is 0 Å². The predicted molar refractivity (Wildman–Crippen MR) is 86.8 cm³/mol. The number of likely N-dealkylation sites (tertiary alicyclic amines) is 1. The Balaban J connectivity index is 2.02. The average molecular weight is 324 g/mol. The van der Waals surface area contributed by atoms with Gasteiger partial charge in [0.05, 0.1) is 11.0 Å². The summed E-state index contributed by atoms with van der Waals surface area (Å²) in [6.45, 7) is 6.83. The van der Waals surface area contributed by atoms with E-state index in [-0.39, 0.29) is 23.7 Å². The number of nitrogens with one attached hydrogen (secondary N) is 1. The Hall–Kier alpha value is -1.40. The van der Waals surface area contributed by atoms with E-state index in [0.717, 1.165) is 6.42 Å². The zero-order chi connectivity index (χ0) is 16.3. The van der Waals surface area contributed by atoms with Gasteiger partial charge in [-0.15, -0.1) is 11.3 Å². The van der Waals surface area contributed by atoms with E-state index in [4.69, 9.17) is 0 Å². The largest absolute Gasteiger partial charge is 0.393 e. The Kier molecular flexibility index (Phi) is 5.58. The maximum absolute atomic E-state index is 12.7. The summed E-state index contributed by atoms with van der Waals surface area (Å²) < 4.78 is 0. The van der Waals surface area contributed by atoms with E-state index < -0.39 is 12.1 Å². The van der Waals surface area contributed by atoms with Crippen LogP contribution in [0.1, 0.15) is 36.9 Å². The Morgan fingerprint density at radius 1 is 1.41 bits per heavy atom. The van der Waals surface area contributed by atoms with Gasteiger partial charge in [0.1, 0.15) is 6.04 Å². The predicted octanol–water partition coefficient (Wildman–Crippen LogP) is 1.73. The van der Waals surface area contributed by atoms with Crippen LogP contribution in [-0.2, 0) is 4.79 Å². The maximum Gasteiger partial charge on any atom is 0.262 e. The van der Waals surface area contributed by atoms with E-state index in [1.54, 1.807) is 17.9 Å².